The molecule has 0 aliphatic carbocycles. The van der Waals surface area contributed by atoms with Crippen LogP contribution in [0.2, 0.25) is 5.02 Å². The summed E-state index contributed by atoms with van der Waals surface area (Å²) >= 11 is 5.75. The average molecular weight is 277 g/mol. The van der Waals surface area contributed by atoms with E-state index < -0.39 is 5.97 Å². The van der Waals surface area contributed by atoms with Crippen molar-refractivity contribution in [1.29, 1.82) is 0 Å². The summed E-state index contributed by atoms with van der Waals surface area (Å²) in [6.07, 6.45) is 1.34. The van der Waals surface area contributed by atoms with Crippen LogP contribution in [0.15, 0.2) is 36.5 Å². The Morgan fingerprint density at radius 2 is 2.05 bits per heavy atom. The van der Waals surface area contributed by atoms with Gasteiger partial charge in [-0.15, -0.1) is 0 Å². The number of halogens is 1. The lowest BCUT2D eigenvalue weighted by Crippen LogP contribution is -2.04. The highest BCUT2D eigenvalue weighted by molar-refractivity contribution is 6.33. The van der Waals surface area contributed by atoms with Crippen molar-refractivity contribution in [3.8, 4) is 0 Å². The first-order valence-electron chi connectivity index (χ1n) is 5.74. The zero-order valence-corrected chi connectivity index (χ0v) is 11.1. The summed E-state index contributed by atoms with van der Waals surface area (Å²) in [6, 6.07) is 9.50. The average Bonchev–Trinajstić information content (AvgIpc) is 2.39. The fraction of sp³-hybridized carbons (Fsp3) is 0.143. The van der Waals surface area contributed by atoms with Crippen molar-refractivity contribution in [2.75, 3.05) is 5.32 Å². The molecule has 0 amide bonds. The molecule has 0 aliphatic rings. The molecule has 1 aromatic carbocycles. The first-order chi connectivity index (χ1) is 9.06. The van der Waals surface area contributed by atoms with Crippen molar-refractivity contribution in [1.82, 2.24) is 4.98 Å². The Kier molecular flexibility index (Phi) is 4.02. The number of nitrogens with one attached hydrogen (secondary N) is 1. The fourth-order valence-corrected chi connectivity index (χ4v) is 1.78. The molecular formula is C14H13ClN2O2. The number of carbonyl (C=O) groups is 1. The molecule has 0 atom stereocenters. The summed E-state index contributed by atoms with van der Waals surface area (Å²) in [7, 11) is 0. The third-order valence-corrected chi connectivity index (χ3v) is 2.98. The minimum atomic E-state index is -1.06. The molecule has 98 valence electrons. The van der Waals surface area contributed by atoms with Crippen LogP contribution < -0.4 is 5.32 Å². The smallest absolute Gasteiger partial charge is 0.337 e. The number of aromatic carboxylic acids is 1. The molecule has 0 radical (unpaired) electrons. The van der Waals surface area contributed by atoms with E-state index in [-0.39, 0.29) is 10.6 Å². The fourth-order valence-electron chi connectivity index (χ4n) is 1.60. The molecule has 2 N–H and O–H groups in total. The lowest BCUT2D eigenvalue weighted by Gasteiger charge is -2.07. The van der Waals surface area contributed by atoms with Crippen molar-refractivity contribution < 1.29 is 9.90 Å². The second kappa shape index (κ2) is 5.71. The van der Waals surface area contributed by atoms with Gasteiger partial charge in [0.25, 0.3) is 0 Å². The second-order valence-electron chi connectivity index (χ2n) is 4.19. The van der Waals surface area contributed by atoms with Crippen LogP contribution in [0.1, 0.15) is 21.5 Å². The van der Waals surface area contributed by atoms with Crippen LogP contribution in [0, 0.1) is 6.92 Å². The van der Waals surface area contributed by atoms with Crippen LogP contribution in [0.5, 0.6) is 0 Å². The molecule has 1 heterocycles. The van der Waals surface area contributed by atoms with Gasteiger partial charge < -0.3 is 10.4 Å². The summed E-state index contributed by atoms with van der Waals surface area (Å²) in [5, 5.41) is 12.2. The van der Waals surface area contributed by atoms with E-state index in [1.54, 1.807) is 0 Å². The van der Waals surface area contributed by atoms with E-state index >= 15 is 0 Å². The van der Waals surface area contributed by atoms with Crippen molar-refractivity contribution in [3.05, 3.63) is 58.2 Å². The Morgan fingerprint density at radius 3 is 2.68 bits per heavy atom. The molecule has 0 aliphatic heterocycles. The van der Waals surface area contributed by atoms with Gasteiger partial charge in [-0.3, -0.25) is 0 Å². The molecule has 1 aromatic heterocycles. The van der Waals surface area contributed by atoms with E-state index in [9.17, 15) is 4.79 Å². The van der Waals surface area contributed by atoms with Gasteiger partial charge in [0.15, 0.2) is 0 Å². The van der Waals surface area contributed by atoms with E-state index in [2.05, 4.69) is 10.3 Å². The van der Waals surface area contributed by atoms with Gasteiger partial charge in [-0.05, 0) is 18.6 Å². The largest absolute Gasteiger partial charge is 0.478 e. The number of hydrogen-bond donors (Lipinski definition) is 2. The SMILES string of the molecule is Cc1ccc(CNc2cc(C(=O)O)c(Cl)cn2)cc1. The van der Waals surface area contributed by atoms with Gasteiger partial charge in [0.2, 0.25) is 0 Å². The molecule has 5 heteroatoms. The molecule has 0 spiro atoms. The highest BCUT2D eigenvalue weighted by atomic mass is 35.5. The Bertz CT molecular complexity index is 597. The van der Waals surface area contributed by atoms with Crippen LogP contribution in [0.25, 0.3) is 0 Å². The number of aryl methyl sites for hydroxylation is 1. The van der Waals surface area contributed by atoms with Crippen LogP contribution in [0.4, 0.5) is 5.82 Å². The van der Waals surface area contributed by atoms with Crippen LogP contribution in [-0.2, 0) is 6.54 Å². The molecule has 0 bridgehead atoms. The van der Waals surface area contributed by atoms with Gasteiger partial charge in [-0.1, -0.05) is 41.4 Å². The van der Waals surface area contributed by atoms with Gasteiger partial charge in [0.05, 0.1) is 10.6 Å². The van der Waals surface area contributed by atoms with Crippen LogP contribution >= 0.6 is 11.6 Å². The maximum Gasteiger partial charge on any atom is 0.337 e. The number of carboxylic acids is 1. The Labute approximate surface area is 116 Å². The monoisotopic (exact) mass is 276 g/mol. The highest BCUT2D eigenvalue weighted by Crippen LogP contribution is 2.18. The predicted octanol–water partition coefficient (Wildman–Crippen LogP) is 3.35. The first kappa shape index (κ1) is 13.4. The molecule has 4 nitrogen and oxygen atoms in total. The number of hydrogen-bond acceptors (Lipinski definition) is 3. The minimum Gasteiger partial charge on any atom is -0.478 e. The third-order valence-electron chi connectivity index (χ3n) is 2.68. The maximum absolute atomic E-state index is 10.9. The number of carboxylic acid groups (broad SMARTS) is 1. The Balaban J connectivity index is 2.09. The van der Waals surface area contributed by atoms with Crippen molar-refractivity contribution in [2.24, 2.45) is 0 Å². The lowest BCUT2D eigenvalue weighted by molar-refractivity contribution is 0.0697. The van der Waals surface area contributed by atoms with Gasteiger partial charge >= 0.3 is 5.97 Å². The molecule has 19 heavy (non-hydrogen) atoms. The standard InChI is InChI=1S/C14H13ClN2O2/c1-9-2-4-10(5-3-9)7-16-13-6-11(14(18)19)12(15)8-17-13/h2-6,8H,7H2,1H3,(H,16,17)(H,18,19). The summed E-state index contributed by atoms with van der Waals surface area (Å²) < 4.78 is 0. The second-order valence-corrected chi connectivity index (χ2v) is 4.60. The Hall–Kier alpha value is -2.07. The van der Waals surface area contributed by atoms with E-state index in [1.165, 1.54) is 17.8 Å². The number of benzene rings is 1. The number of pyridine rings is 1. The predicted molar refractivity (Wildman–Crippen MR) is 74.7 cm³/mol. The summed E-state index contributed by atoms with van der Waals surface area (Å²) in [4.78, 5) is 15.0. The zero-order valence-electron chi connectivity index (χ0n) is 10.4. The molecule has 0 saturated carbocycles. The normalized spacial score (nSPS) is 10.2. The van der Waals surface area contributed by atoms with Gasteiger partial charge in [-0.2, -0.15) is 0 Å². The third kappa shape index (κ3) is 3.45. The summed E-state index contributed by atoms with van der Waals surface area (Å²) in [6.45, 7) is 2.60. The van der Waals surface area contributed by atoms with Gasteiger partial charge in [0, 0.05) is 12.7 Å². The lowest BCUT2D eigenvalue weighted by atomic mass is 10.1. The van der Waals surface area contributed by atoms with E-state index in [4.69, 9.17) is 16.7 Å². The van der Waals surface area contributed by atoms with Crippen LogP contribution in [-0.4, -0.2) is 16.1 Å². The molecule has 0 saturated heterocycles. The zero-order chi connectivity index (χ0) is 13.8. The summed E-state index contributed by atoms with van der Waals surface area (Å²) in [5.74, 6) is -0.576. The van der Waals surface area contributed by atoms with E-state index in [1.807, 2.05) is 31.2 Å². The molecule has 0 fully saturated rings. The topological polar surface area (TPSA) is 62.2 Å². The van der Waals surface area contributed by atoms with Crippen molar-refractivity contribution in [3.63, 3.8) is 0 Å². The molecule has 2 rings (SSSR count). The number of rotatable bonds is 4. The van der Waals surface area contributed by atoms with Crippen LogP contribution in [0.3, 0.4) is 0 Å². The van der Waals surface area contributed by atoms with Crippen molar-refractivity contribution >= 4 is 23.4 Å². The summed E-state index contributed by atoms with van der Waals surface area (Å²) in [5.41, 5.74) is 2.34. The molecule has 2 aromatic rings. The number of anilines is 1. The molecule has 0 unspecified atom stereocenters. The van der Waals surface area contributed by atoms with Gasteiger partial charge in [-0.25, -0.2) is 9.78 Å². The highest BCUT2D eigenvalue weighted by Gasteiger charge is 2.10. The molecular weight excluding hydrogens is 264 g/mol. The minimum absolute atomic E-state index is 0.0445. The van der Waals surface area contributed by atoms with Gasteiger partial charge in [0.1, 0.15) is 5.82 Å². The first-order valence-corrected chi connectivity index (χ1v) is 6.12. The van der Waals surface area contributed by atoms with E-state index in [0.717, 1.165) is 5.56 Å². The maximum atomic E-state index is 10.9. The number of nitrogens with zero attached hydrogens (tertiary/aromatic N) is 1. The van der Waals surface area contributed by atoms with Crippen molar-refractivity contribution in [2.45, 2.75) is 13.5 Å². The Morgan fingerprint density at radius 1 is 1.37 bits per heavy atom. The van der Waals surface area contributed by atoms with E-state index in [0.29, 0.717) is 12.4 Å². The quantitative estimate of drug-likeness (QED) is 0.899. The number of aromatic nitrogens is 1.